The summed E-state index contributed by atoms with van der Waals surface area (Å²) >= 11 is 1.51. The zero-order valence-electron chi connectivity index (χ0n) is 17.0. The Hall–Kier alpha value is -4.02. The van der Waals surface area contributed by atoms with Gasteiger partial charge < -0.3 is 5.32 Å². The first-order valence-electron chi connectivity index (χ1n) is 9.59. The van der Waals surface area contributed by atoms with E-state index in [2.05, 4.69) is 21.4 Å². The van der Waals surface area contributed by atoms with Gasteiger partial charge in [0.2, 0.25) is 0 Å². The maximum Gasteiger partial charge on any atom is 0.255 e. The van der Waals surface area contributed by atoms with Crippen LogP contribution in [-0.4, -0.2) is 15.9 Å². The third-order valence-corrected chi connectivity index (χ3v) is 5.62. The third-order valence-electron chi connectivity index (χ3n) is 4.86. The molecule has 0 saturated heterocycles. The molecule has 0 unspecified atom stereocenters. The summed E-state index contributed by atoms with van der Waals surface area (Å²) in [4.78, 5) is 23.6. The predicted molar refractivity (Wildman–Crippen MR) is 123 cm³/mol. The molecule has 2 aromatic heterocycles. The highest BCUT2D eigenvalue weighted by atomic mass is 32.1. The first-order chi connectivity index (χ1) is 15.1. The molecule has 152 valence electrons. The Morgan fingerprint density at radius 2 is 1.81 bits per heavy atom. The van der Waals surface area contributed by atoms with Crippen molar-refractivity contribution in [3.63, 3.8) is 0 Å². The fourth-order valence-electron chi connectivity index (χ4n) is 3.19. The van der Waals surface area contributed by atoms with E-state index in [1.54, 1.807) is 36.8 Å². The molecule has 0 bridgehead atoms. The summed E-state index contributed by atoms with van der Waals surface area (Å²) in [6.45, 7) is 3.86. The fourth-order valence-corrected chi connectivity index (χ4v) is 3.86. The van der Waals surface area contributed by atoms with Crippen molar-refractivity contribution < 1.29 is 4.79 Å². The van der Waals surface area contributed by atoms with E-state index in [-0.39, 0.29) is 5.91 Å². The summed E-state index contributed by atoms with van der Waals surface area (Å²) in [5.41, 5.74) is 5.27. The lowest BCUT2D eigenvalue weighted by molar-refractivity contribution is 0.102. The molecule has 4 rings (SSSR count). The minimum absolute atomic E-state index is 0.247. The molecule has 0 aliphatic rings. The highest BCUT2D eigenvalue weighted by Gasteiger charge is 2.19. The summed E-state index contributed by atoms with van der Waals surface area (Å²) < 4.78 is 0. The number of hydrogen-bond donors (Lipinski definition) is 1. The first-order valence-corrected chi connectivity index (χ1v) is 10.5. The molecule has 0 aliphatic heterocycles. The second-order valence-corrected chi connectivity index (χ2v) is 7.83. The molecule has 0 radical (unpaired) electrons. The van der Waals surface area contributed by atoms with Crippen LogP contribution in [0.15, 0.2) is 72.5 Å². The van der Waals surface area contributed by atoms with Gasteiger partial charge in [-0.1, -0.05) is 12.1 Å². The number of pyridine rings is 1. The van der Waals surface area contributed by atoms with Crippen molar-refractivity contribution in [2.45, 2.75) is 13.8 Å². The van der Waals surface area contributed by atoms with E-state index < -0.39 is 0 Å². The number of hydrogen-bond acceptors (Lipinski definition) is 6. The SMILES string of the molecule is Cc1ccc(NC(=O)c2ccc(C)c(N(c3ccncc3)c3nccs3)c2)cc1C#N. The second kappa shape index (κ2) is 8.78. The number of aryl methyl sites for hydroxylation is 2. The number of carbonyl (C=O) groups is 1. The molecule has 0 atom stereocenters. The van der Waals surface area contributed by atoms with Crippen molar-refractivity contribution in [1.82, 2.24) is 9.97 Å². The van der Waals surface area contributed by atoms with E-state index in [4.69, 9.17) is 0 Å². The molecule has 0 aliphatic carbocycles. The van der Waals surface area contributed by atoms with Crippen LogP contribution in [0.25, 0.3) is 0 Å². The van der Waals surface area contributed by atoms with Gasteiger partial charge in [0.25, 0.3) is 5.91 Å². The minimum Gasteiger partial charge on any atom is -0.322 e. The first kappa shape index (κ1) is 20.3. The number of thiazole rings is 1. The van der Waals surface area contributed by atoms with Gasteiger partial charge in [-0.2, -0.15) is 5.26 Å². The Morgan fingerprint density at radius 1 is 1.03 bits per heavy atom. The topological polar surface area (TPSA) is 81.9 Å². The number of rotatable bonds is 5. The molecule has 31 heavy (non-hydrogen) atoms. The smallest absolute Gasteiger partial charge is 0.255 e. The highest BCUT2D eigenvalue weighted by molar-refractivity contribution is 7.13. The monoisotopic (exact) mass is 425 g/mol. The van der Waals surface area contributed by atoms with Crippen LogP contribution in [0.1, 0.15) is 27.0 Å². The number of carbonyl (C=O) groups excluding carboxylic acids is 1. The zero-order valence-corrected chi connectivity index (χ0v) is 17.9. The molecule has 0 spiro atoms. The quantitative estimate of drug-likeness (QED) is 0.440. The number of nitriles is 1. The Labute approximate surface area is 184 Å². The standard InChI is InChI=1S/C24H19N5OS/c1-16-4-6-20(13-19(16)15-25)28-23(30)18-5-3-17(2)22(14-18)29(24-27-11-12-31-24)21-7-9-26-10-8-21/h3-14H,1-2H3,(H,28,30). The van der Waals surface area contributed by atoms with Gasteiger partial charge in [-0.3, -0.25) is 14.7 Å². The van der Waals surface area contributed by atoms with Gasteiger partial charge in [-0.25, -0.2) is 4.98 Å². The Morgan fingerprint density at radius 3 is 2.52 bits per heavy atom. The van der Waals surface area contributed by atoms with E-state index in [0.29, 0.717) is 16.8 Å². The van der Waals surface area contributed by atoms with E-state index in [0.717, 1.165) is 27.6 Å². The Bertz CT molecular complexity index is 1260. The lowest BCUT2D eigenvalue weighted by atomic mass is 10.1. The summed E-state index contributed by atoms with van der Waals surface area (Å²) in [7, 11) is 0. The average Bonchev–Trinajstić information content (AvgIpc) is 3.31. The van der Waals surface area contributed by atoms with Crippen LogP contribution < -0.4 is 10.2 Å². The number of benzene rings is 2. The molecule has 1 amide bonds. The lowest BCUT2D eigenvalue weighted by Crippen LogP contribution is -2.15. The minimum atomic E-state index is -0.247. The molecular weight excluding hydrogens is 406 g/mol. The predicted octanol–water partition coefficient (Wildman–Crippen LogP) is 5.75. The van der Waals surface area contributed by atoms with Crippen molar-refractivity contribution in [3.8, 4) is 6.07 Å². The van der Waals surface area contributed by atoms with E-state index in [9.17, 15) is 10.1 Å². The van der Waals surface area contributed by atoms with Gasteiger partial charge in [-0.05, 0) is 61.4 Å². The number of nitrogens with zero attached hydrogens (tertiary/aromatic N) is 4. The molecule has 2 aromatic carbocycles. The van der Waals surface area contributed by atoms with Crippen LogP contribution >= 0.6 is 11.3 Å². The summed E-state index contributed by atoms with van der Waals surface area (Å²) in [6.07, 6.45) is 5.21. The molecular formula is C24H19N5OS. The van der Waals surface area contributed by atoms with Gasteiger partial charge >= 0.3 is 0 Å². The van der Waals surface area contributed by atoms with Crippen molar-refractivity contribution in [1.29, 1.82) is 5.26 Å². The number of anilines is 4. The Kier molecular flexibility index (Phi) is 5.74. The van der Waals surface area contributed by atoms with E-state index >= 15 is 0 Å². The fraction of sp³-hybridized carbons (Fsp3) is 0.0833. The molecule has 0 saturated carbocycles. The normalized spacial score (nSPS) is 10.4. The van der Waals surface area contributed by atoms with E-state index in [1.807, 2.05) is 54.5 Å². The molecule has 7 heteroatoms. The Balaban J connectivity index is 1.71. The zero-order chi connectivity index (χ0) is 21.8. The van der Waals surface area contributed by atoms with Crippen molar-refractivity contribution in [3.05, 3.63) is 94.8 Å². The molecule has 4 aromatic rings. The maximum absolute atomic E-state index is 13.0. The van der Waals surface area contributed by atoms with Gasteiger partial charge in [0.1, 0.15) is 0 Å². The molecule has 6 nitrogen and oxygen atoms in total. The second-order valence-electron chi connectivity index (χ2n) is 6.95. The van der Waals surface area contributed by atoms with E-state index in [1.165, 1.54) is 11.3 Å². The highest BCUT2D eigenvalue weighted by Crippen LogP contribution is 2.37. The van der Waals surface area contributed by atoms with Gasteiger partial charge in [0.15, 0.2) is 5.13 Å². The van der Waals surface area contributed by atoms with Crippen molar-refractivity contribution in [2.24, 2.45) is 0 Å². The van der Waals surface area contributed by atoms with Crippen LogP contribution in [0.4, 0.5) is 22.2 Å². The lowest BCUT2D eigenvalue weighted by Gasteiger charge is -2.24. The summed E-state index contributed by atoms with van der Waals surface area (Å²) in [5.74, 6) is -0.247. The van der Waals surface area contributed by atoms with Crippen molar-refractivity contribution in [2.75, 3.05) is 10.2 Å². The third kappa shape index (κ3) is 4.29. The molecule has 2 heterocycles. The van der Waals surface area contributed by atoms with Gasteiger partial charge in [-0.15, -0.1) is 11.3 Å². The number of nitrogens with one attached hydrogen (secondary N) is 1. The molecule has 1 N–H and O–H groups in total. The number of amides is 1. The summed E-state index contributed by atoms with van der Waals surface area (Å²) in [6, 6.07) is 16.8. The van der Waals surface area contributed by atoms with Crippen LogP contribution in [0, 0.1) is 25.2 Å². The largest absolute Gasteiger partial charge is 0.322 e. The maximum atomic E-state index is 13.0. The number of aromatic nitrogens is 2. The van der Waals surface area contributed by atoms with Crippen LogP contribution in [0.2, 0.25) is 0 Å². The van der Waals surface area contributed by atoms with Gasteiger partial charge in [0, 0.05) is 35.2 Å². The van der Waals surface area contributed by atoms with Gasteiger partial charge in [0.05, 0.1) is 23.0 Å². The van der Waals surface area contributed by atoms with Crippen LogP contribution in [0.3, 0.4) is 0 Å². The van der Waals surface area contributed by atoms with Crippen LogP contribution in [0.5, 0.6) is 0 Å². The molecule has 0 fully saturated rings. The summed E-state index contributed by atoms with van der Waals surface area (Å²) in [5, 5.41) is 14.8. The van der Waals surface area contributed by atoms with Crippen LogP contribution in [-0.2, 0) is 0 Å². The van der Waals surface area contributed by atoms with Crippen molar-refractivity contribution >= 4 is 39.4 Å². The average molecular weight is 426 g/mol.